The summed E-state index contributed by atoms with van der Waals surface area (Å²) in [6, 6.07) is 11.1. The number of thiophene rings is 1. The molecule has 0 amide bonds. The zero-order valence-corrected chi connectivity index (χ0v) is 17.3. The van der Waals surface area contributed by atoms with E-state index >= 15 is 0 Å². The maximum absolute atomic E-state index is 12.3. The molecule has 3 N–H and O–H groups in total. The Morgan fingerprint density at radius 1 is 1.36 bits per heavy atom. The quantitative estimate of drug-likeness (QED) is 0.465. The highest BCUT2D eigenvalue weighted by Gasteiger charge is 2.23. The van der Waals surface area contributed by atoms with Crippen LogP contribution < -0.4 is 15.4 Å². The molecule has 2 atom stereocenters. The molecule has 152 valence electrons. The number of nitrogens with zero attached hydrogens (tertiary/aromatic N) is 1. The van der Waals surface area contributed by atoms with E-state index in [0.717, 1.165) is 29.1 Å². The molecular weight excluding hydrogens is 398 g/mol. The monoisotopic (exact) mass is 423 g/mol. The topological polar surface area (TPSA) is 100 Å². The van der Waals surface area contributed by atoms with Gasteiger partial charge in [0.1, 0.15) is 9.96 Å². The van der Waals surface area contributed by atoms with Gasteiger partial charge in [-0.25, -0.2) is 8.42 Å². The third-order valence-corrected chi connectivity index (χ3v) is 7.57. The van der Waals surface area contributed by atoms with Gasteiger partial charge >= 0.3 is 0 Å². The van der Waals surface area contributed by atoms with Crippen LogP contribution in [-0.4, -0.2) is 51.0 Å². The summed E-state index contributed by atoms with van der Waals surface area (Å²) in [4.78, 5) is 4.39. The summed E-state index contributed by atoms with van der Waals surface area (Å²) >= 11 is 1.15. The van der Waals surface area contributed by atoms with E-state index in [-0.39, 0.29) is 22.5 Å². The van der Waals surface area contributed by atoms with Crippen molar-refractivity contribution in [1.82, 2.24) is 10.6 Å². The number of hydrogen-bond donors (Lipinski definition) is 3. The minimum atomic E-state index is -3.50. The first-order chi connectivity index (χ1) is 13.5. The Balaban J connectivity index is 1.65. The maximum atomic E-state index is 12.3. The molecule has 0 saturated carbocycles. The first-order valence-electron chi connectivity index (χ1n) is 9.20. The van der Waals surface area contributed by atoms with Crippen LogP contribution in [0, 0.1) is 0 Å². The van der Waals surface area contributed by atoms with Crippen molar-refractivity contribution in [3.05, 3.63) is 47.3 Å². The SMILES string of the molecule is CCNC(=NCC(O)CS(=O)(=O)c1cccs1)NC1CCOc2ccccc21. The molecule has 2 heterocycles. The fourth-order valence-corrected chi connectivity index (χ4v) is 5.47. The second-order valence-corrected chi connectivity index (χ2v) is 9.67. The molecule has 2 aromatic rings. The predicted molar refractivity (Wildman–Crippen MR) is 111 cm³/mol. The average Bonchev–Trinajstić information content (AvgIpc) is 3.22. The number of guanidine groups is 1. The first kappa shape index (κ1) is 20.6. The predicted octanol–water partition coefficient (Wildman–Crippen LogP) is 1.96. The van der Waals surface area contributed by atoms with Crippen molar-refractivity contribution in [1.29, 1.82) is 0 Å². The molecule has 3 rings (SSSR count). The fourth-order valence-electron chi connectivity index (χ4n) is 3.00. The van der Waals surface area contributed by atoms with Gasteiger partial charge in [0.15, 0.2) is 15.8 Å². The van der Waals surface area contributed by atoms with Crippen molar-refractivity contribution in [3.63, 3.8) is 0 Å². The van der Waals surface area contributed by atoms with Gasteiger partial charge in [0.2, 0.25) is 0 Å². The minimum absolute atomic E-state index is 0.00912. The van der Waals surface area contributed by atoms with Gasteiger partial charge in [-0.15, -0.1) is 11.3 Å². The van der Waals surface area contributed by atoms with Crippen LogP contribution in [0.3, 0.4) is 0 Å². The van der Waals surface area contributed by atoms with Gasteiger partial charge in [-0.05, 0) is 24.4 Å². The average molecular weight is 424 g/mol. The molecule has 1 aliphatic heterocycles. The number of hydrogen-bond acceptors (Lipinski definition) is 6. The second kappa shape index (κ2) is 9.40. The van der Waals surface area contributed by atoms with Crippen molar-refractivity contribution in [2.45, 2.75) is 29.7 Å². The van der Waals surface area contributed by atoms with Crippen LogP contribution in [0.15, 0.2) is 51.0 Å². The van der Waals surface area contributed by atoms with Gasteiger partial charge in [-0.2, -0.15) is 0 Å². The number of fused-ring (bicyclic) bond motifs is 1. The number of nitrogens with one attached hydrogen (secondary N) is 2. The number of aliphatic hydroxyl groups excluding tert-OH is 1. The Labute approximate surface area is 169 Å². The van der Waals surface area contributed by atoms with Crippen LogP contribution in [0.2, 0.25) is 0 Å². The third kappa shape index (κ3) is 5.24. The Morgan fingerprint density at radius 3 is 2.93 bits per heavy atom. The maximum Gasteiger partial charge on any atom is 0.191 e. The highest BCUT2D eigenvalue weighted by Crippen LogP contribution is 2.31. The molecule has 0 spiro atoms. The van der Waals surface area contributed by atoms with Crippen molar-refractivity contribution < 1.29 is 18.3 Å². The molecule has 1 aromatic heterocycles. The molecule has 1 aliphatic rings. The number of benzene rings is 1. The smallest absolute Gasteiger partial charge is 0.191 e. The molecule has 2 unspecified atom stereocenters. The van der Waals surface area contributed by atoms with Crippen LogP contribution in [0.5, 0.6) is 5.75 Å². The second-order valence-electron chi connectivity index (χ2n) is 6.46. The summed E-state index contributed by atoms with van der Waals surface area (Å²) in [7, 11) is -3.50. The summed E-state index contributed by atoms with van der Waals surface area (Å²) in [5, 5.41) is 18.4. The lowest BCUT2D eigenvalue weighted by molar-refractivity contribution is 0.206. The number of aliphatic hydroxyl groups is 1. The summed E-state index contributed by atoms with van der Waals surface area (Å²) in [5.41, 5.74) is 1.06. The van der Waals surface area contributed by atoms with Crippen LogP contribution in [-0.2, 0) is 9.84 Å². The van der Waals surface area contributed by atoms with E-state index in [1.54, 1.807) is 17.5 Å². The van der Waals surface area contributed by atoms with Crippen LogP contribution in [0.4, 0.5) is 0 Å². The first-order valence-corrected chi connectivity index (χ1v) is 11.7. The summed E-state index contributed by atoms with van der Waals surface area (Å²) < 4.78 is 30.5. The van der Waals surface area contributed by atoms with E-state index in [4.69, 9.17) is 4.74 Å². The van der Waals surface area contributed by atoms with E-state index in [1.165, 1.54) is 0 Å². The number of rotatable bonds is 7. The lowest BCUT2D eigenvalue weighted by Gasteiger charge is -2.28. The van der Waals surface area contributed by atoms with Crippen molar-refractivity contribution in [3.8, 4) is 5.75 Å². The Hall–Kier alpha value is -2.10. The van der Waals surface area contributed by atoms with Gasteiger partial charge in [-0.3, -0.25) is 4.99 Å². The molecule has 0 bridgehead atoms. The zero-order chi connectivity index (χ0) is 20.0. The Bertz CT molecular complexity index is 898. The Kier molecular flexibility index (Phi) is 6.93. The molecule has 9 heteroatoms. The van der Waals surface area contributed by atoms with Crippen molar-refractivity contribution in [2.24, 2.45) is 4.99 Å². The van der Waals surface area contributed by atoms with Crippen molar-refractivity contribution in [2.75, 3.05) is 25.4 Å². The van der Waals surface area contributed by atoms with Gasteiger partial charge < -0.3 is 20.5 Å². The van der Waals surface area contributed by atoms with E-state index < -0.39 is 15.9 Å². The molecule has 1 aromatic carbocycles. The third-order valence-electron chi connectivity index (χ3n) is 4.29. The van der Waals surface area contributed by atoms with E-state index in [9.17, 15) is 13.5 Å². The summed E-state index contributed by atoms with van der Waals surface area (Å²) in [6.45, 7) is 3.20. The van der Waals surface area contributed by atoms with Gasteiger partial charge in [0.05, 0.1) is 31.1 Å². The van der Waals surface area contributed by atoms with Crippen LogP contribution in [0.25, 0.3) is 0 Å². The van der Waals surface area contributed by atoms with E-state index in [1.807, 2.05) is 31.2 Å². The number of para-hydroxylation sites is 1. The Morgan fingerprint density at radius 2 is 2.18 bits per heavy atom. The standard InChI is InChI=1S/C19H25N3O4S2/c1-2-20-19(22-16-9-10-26-17-7-4-3-6-15(16)17)21-12-14(23)13-28(24,25)18-8-5-11-27-18/h3-8,11,14,16,23H,2,9-10,12-13H2,1H3,(H2,20,21,22). The highest BCUT2D eigenvalue weighted by atomic mass is 32.2. The van der Waals surface area contributed by atoms with Crippen molar-refractivity contribution >= 4 is 27.1 Å². The molecule has 0 aliphatic carbocycles. The van der Waals surface area contributed by atoms with Gasteiger partial charge in [0.25, 0.3) is 0 Å². The van der Waals surface area contributed by atoms with Gasteiger partial charge in [-0.1, -0.05) is 24.3 Å². The minimum Gasteiger partial charge on any atom is -0.493 e. The van der Waals surface area contributed by atoms with E-state index in [0.29, 0.717) is 19.1 Å². The largest absolute Gasteiger partial charge is 0.493 e. The molecule has 28 heavy (non-hydrogen) atoms. The van der Waals surface area contributed by atoms with Crippen LogP contribution in [0.1, 0.15) is 24.9 Å². The fraction of sp³-hybridized carbons (Fsp3) is 0.421. The molecule has 0 saturated heterocycles. The normalized spacial score (nSPS) is 18.1. The van der Waals surface area contributed by atoms with E-state index in [2.05, 4.69) is 15.6 Å². The molecule has 0 fully saturated rings. The lowest BCUT2D eigenvalue weighted by Crippen LogP contribution is -2.41. The highest BCUT2D eigenvalue weighted by molar-refractivity contribution is 7.93. The number of sulfone groups is 1. The summed E-state index contributed by atoms with van der Waals surface area (Å²) in [6.07, 6.45) is -0.291. The zero-order valence-electron chi connectivity index (χ0n) is 15.7. The molecule has 0 radical (unpaired) electrons. The number of aliphatic imine (C=N–C) groups is 1. The van der Waals surface area contributed by atoms with Gasteiger partial charge in [0, 0.05) is 18.5 Å². The number of ether oxygens (including phenoxy) is 1. The lowest BCUT2D eigenvalue weighted by atomic mass is 10.0. The molecule has 7 nitrogen and oxygen atoms in total. The van der Waals surface area contributed by atoms with Crippen LogP contribution >= 0.6 is 11.3 Å². The summed E-state index contributed by atoms with van der Waals surface area (Å²) in [5.74, 6) is 1.04. The molecular formula is C19H25N3O4S2.